The number of hydrogen-bond donors (Lipinski definition) is 1. The van der Waals surface area contributed by atoms with Gasteiger partial charge in [-0.15, -0.1) is 0 Å². The van der Waals surface area contributed by atoms with Crippen LogP contribution in [0.2, 0.25) is 15.1 Å². The zero-order chi connectivity index (χ0) is 28.0. The Balaban J connectivity index is 2.08. The Morgan fingerprint density at radius 2 is 1.45 bits per heavy atom. The highest BCUT2D eigenvalue weighted by Gasteiger charge is 2.34. The molecule has 3 rings (SSSR count). The fourth-order valence-corrected chi connectivity index (χ4v) is 5.81. The highest BCUT2D eigenvalue weighted by Crippen LogP contribution is 2.35. The van der Waals surface area contributed by atoms with Gasteiger partial charge in [0.1, 0.15) is 12.6 Å². The monoisotopic (exact) mass is 595 g/mol. The number of nitrogens with zero attached hydrogens (tertiary/aromatic N) is 2. The maximum atomic E-state index is 13.9. The van der Waals surface area contributed by atoms with E-state index in [0.29, 0.717) is 10.6 Å². The van der Waals surface area contributed by atoms with Gasteiger partial charge in [0.25, 0.3) is 10.0 Å². The molecule has 0 aromatic heterocycles. The van der Waals surface area contributed by atoms with Crippen molar-refractivity contribution in [1.82, 2.24) is 10.2 Å². The summed E-state index contributed by atoms with van der Waals surface area (Å²) in [5.74, 6) is -1.02. The molecule has 0 spiro atoms. The first kappa shape index (κ1) is 29.8. The van der Waals surface area contributed by atoms with Crippen LogP contribution in [0.4, 0.5) is 5.69 Å². The van der Waals surface area contributed by atoms with Crippen LogP contribution in [0.5, 0.6) is 0 Å². The number of anilines is 1. The Bertz CT molecular complexity index is 1400. The zero-order valence-electron chi connectivity index (χ0n) is 21.1. The van der Waals surface area contributed by atoms with Crippen molar-refractivity contribution in [2.24, 2.45) is 0 Å². The molecule has 0 fully saturated rings. The molecule has 0 saturated carbocycles. The van der Waals surface area contributed by atoms with Crippen LogP contribution in [0.25, 0.3) is 0 Å². The molecule has 0 aliphatic carbocycles. The Morgan fingerprint density at radius 3 is 2.08 bits per heavy atom. The summed E-state index contributed by atoms with van der Waals surface area (Å²) in [6, 6.07) is 18.0. The predicted octanol–water partition coefficient (Wildman–Crippen LogP) is 5.78. The van der Waals surface area contributed by atoms with Gasteiger partial charge in [0.2, 0.25) is 11.8 Å². The van der Waals surface area contributed by atoms with Crippen LogP contribution in [0.15, 0.2) is 77.7 Å². The number of sulfonamides is 1. The van der Waals surface area contributed by atoms with E-state index in [4.69, 9.17) is 34.8 Å². The van der Waals surface area contributed by atoms with Gasteiger partial charge in [-0.2, -0.15) is 0 Å². The molecule has 7 nitrogen and oxygen atoms in total. The molecule has 11 heteroatoms. The SMILES string of the molecule is CC(C)NC(=O)[C@H](C)N(Cc1ccccc1Cl)C(=O)CN(c1cccc(Cl)c1Cl)S(=O)(=O)c1ccccc1. The Morgan fingerprint density at radius 1 is 0.842 bits per heavy atom. The topological polar surface area (TPSA) is 86.8 Å². The molecule has 3 aromatic rings. The average molecular weight is 597 g/mol. The number of amides is 2. The van der Waals surface area contributed by atoms with Gasteiger partial charge in [-0.1, -0.05) is 77.3 Å². The normalized spacial score (nSPS) is 12.2. The van der Waals surface area contributed by atoms with Crippen molar-refractivity contribution in [3.05, 3.63) is 93.4 Å². The van der Waals surface area contributed by atoms with E-state index in [1.165, 1.54) is 29.2 Å². The fraction of sp³-hybridized carbons (Fsp3) is 0.259. The number of hydrogen-bond acceptors (Lipinski definition) is 4. The molecule has 38 heavy (non-hydrogen) atoms. The van der Waals surface area contributed by atoms with Gasteiger partial charge in [0, 0.05) is 17.6 Å². The maximum Gasteiger partial charge on any atom is 0.264 e. The largest absolute Gasteiger partial charge is 0.352 e. The third kappa shape index (κ3) is 6.99. The highest BCUT2D eigenvalue weighted by molar-refractivity contribution is 7.92. The lowest BCUT2D eigenvalue weighted by Gasteiger charge is -2.32. The maximum absolute atomic E-state index is 13.9. The van der Waals surface area contributed by atoms with E-state index in [1.807, 2.05) is 0 Å². The lowest BCUT2D eigenvalue weighted by molar-refractivity contribution is -0.139. The number of halogens is 3. The van der Waals surface area contributed by atoms with E-state index in [0.717, 1.165) is 4.31 Å². The number of carbonyl (C=O) groups is 2. The summed E-state index contributed by atoms with van der Waals surface area (Å²) in [6.45, 7) is 4.53. The molecule has 0 heterocycles. The molecule has 0 aliphatic rings. The van der Waals surface area contributed by atoms with Crippen LogP contribution in [0.1, 0.15) is 26.3 Å². The number of carbonyl (C=O) groups excluding carboxylic acids is 2. The lowest BCUT2D eigenvalue weighted by Crippen LogP contribution is -2.52. The first-order valence-corrected chi connectivity index (χ1v) is 14.4. The molecule has 3 aromatic carbocycles. The summed E-state index contributed by atoms with van der Waals surface area (Å²) in [5.41, 5.74) is 0.637. The molecule has 202 valence electrons. The van der Waals surface area contributed by atoms with Crippen molar-refractivity contribution in [2.75, 3.05) is 10.8 Å². The van der Waals surface area contributed by atoms with Crippen LogP contribution in [0, 0.1) is 0 Å². The summed E-state index contributed by atoms with van der Waals surface area (Å²) in [6.07, 6.45) is 0. The molecule has 2 amide bonds. The molecule has 1 atom stereocenters. The first-order valence-electron chi connectivity index (χ1n) is 11.8. The van der Waals surface area contributed by atoms with Crippen molar-refractivity contribution in [3.63, 3.8) is 0 Å². The minimum Gasteiger partial charge on any atom is -0.352 e. The number of nitrogens with one attached hydrogen (secondary N) is 1. The molecule has 0 saturated heterocycles. The summed E-state index contributed by atoms with van der Waals surface area (Å²) in [7, 11) is -4.25. The molecular formula is C27H28Cl3N3O4S. The van der Waals surface area contributed by atoms with Crippen molar-refractivity contribution in [3.8, 4) is 0 Å². The molecule has 0 aliphatic heterocycles. The van der Waals surface area contributed by atoms with Gasteiger partial charge in [0.15, 0.2) is 0 Å². The summed E-state index contributed by atoms with van der Waals surface area (Å²) in [5, 5.41) is 3.31. The quantitative estimate of drug-likeness (QED) is 0.321. The summed E-state index contributed by atoms with van der Waals surface area (Å²) >= 11 is 19.0. The van der Waals surface area contributed by atoms with E-state index in [-0.39, 0.29) is 33.2 Å². The summed E-state index contributed by atoms with van der Waals surface area (Å²) < 4.78 is 28.4. The van der Waals surface area contributed by atoms with Crippen LogP contribution in [-0.4, -0.2) is 43.8 Å². The fourth-order valence-electron chi connectivity index (χ4n) is 3.72. The molecular weight excluding hydrogens is 569 g/mol. The van der Waals surface area contributed by atoms with Gasteiger partial charge >= 0.3 is 0 Å². The zero-order valence-corrected chi connectivity index (χ0v) is 24.2. The van der Waals surface area contributed by atoms with E-state index < -0.39 is 34.4 Å². The van der Waals surface area contributed by atoms with Crippen molar-refractivity contribution in [1.29, 1.82) is 0 Å². The summed E-state index contributed by atoms with van der Waals surface area (Å²) in [4.78, 5) is 28.1. The molecule has 1 N–H and O–H groups in total. The van der Waals surface area contributed by atoms with Crippen molar-refractivity contribution in [2.45, 2.75) is 44.3 Å². The minimum atomic E-state index is -4.25. The third-order valence-electron chi connectivity index (χ3n) is 5.71. The lowest BCUT2D eigenvalue weighted by atomic mass is 10.1. The first-order chi connectivity index (χ1) is 17.9. The number of benzene rings is 3. The van der Waals surface area contributed by atoms with Gasteiger partial charge in [-0.3, -0.25) is 13.9 Å². The second-order valence-corrected chi connectivity index (χ2v) is 11.9. The van der Waals surface area contributed by atoms with Crippen LogP contribution >= 0.6 is 34.8 Å². The Labute approximate surface area is 238 Å². The van der Waals surface area contributed by atoms with Gasteiger partial charge in [-0.25, -0.2) is 8.42 Å². The molecule has 0 radical (unpaired) electrons. The Kier molecular flexibility index (Phi) is 10.1. The van der Waals surface area contributed by atoms with Crippen molar-refractivity contribution < 1.29 is 18.0 Å². The second-order valence-electron chi connectivity index (χ2n) is 8.85. The second kappa shape index (κ2) is 12.8. The average Bonchev–Trinajstić information content (AvgIpc) is 2.88. The molecule has 0 unspecified atom stereocenters. The van der Waals surface area contributed by atoms with E-state index in [1.54, 1.807) is 69.3 Å². The third-order valence-corrected chi connectivity index (χ3v) is 8.66. The minimum absolute atomic E-state index is 0.0201. The highest BCUT2D eigenvalue weighted by atomic mass is 35.5. The van der Waals surface area contributed by atoms with Crippen LogP contribution in [0.3, 0.4) is 0 Å². The van der Waals surface area contributed by atoms with Gasteiger partial charge < -0.3 is 10.2 Å². The molecule has 0 bridgehead atoms. The van der Waals surface area contributed by atoms with E-state index in [9.17, 15) is 18.0 Å². The van der Waals surface area contributed by atoms with Crippen LogP contribution < -0.4 is 9.62 Å². The number of rotatable bonds is 10. The van der Waals surface area contributed by atoms with Gasteiger partial charge in [0.05, 0.1) is 20.6 Å². The van der Waals surface area contributed by atoms with Crippen LogP contribution in [-0.2, 0) is 26.2 Å². The van der Waals surface area contributed by atoms with E-state index in [2.05, 4.69) is 5.32 Å². The predicted molar refractivity (Wildman–Crippen MR) is 152 cm³/mol. The van der Waals surface area contributed by atoms with Gasteiger partial charge in [-0.05, 0) is 56.7 Å². The van der Waals surface area contributed by atoms with Crippen molar-refractivity contribution >= 4 is 62.3 Å². The Hall–Kier alpha value is -2.78. The standard InChI is InChI=1S/C27H28Cl3N3O4S/c1-18(2)31-27(35)19(3)32(16-20-10-7-8-13-22(20)28)25(34)17-33(24-15-9-14-23(29)26(24)30)38(36,37)21-11-5-4-6-12-21/h4-15,18-19H,16-17H2,1-3H3,(H,31,35)/t19-/m0/s1. The smallest absolute Gasteiger partial charge is 0.264 e. The van der Waals surface area contributed by atoms with E-state index >= 15 is 0 Å².